The van der Waals surface area contributed by atoms with Gasteiger partial charge in [-0.2, -0.15) is 0 Å². The van der Waals surface area contributed by atoms with Crippen molar-refractivity contribution in [3.8, 4) is 0 Å². The van der Waals surface area contributed by atoms with Gasteiger partial charge in [0.25, 0.3) is 0 Å². The molecular formula is C20H21FN2O2. The fourth-order valence-corrected chi connectivity index (χ4v) is 3.63. The number of aromatic nitrogens is 1. The van der Waals surface area contributed by atoms with Crippen molar-refractivity contribution in [2.24, 2.45) is 5.92 Å². The van der Waals surface area contributed by atoms with Gasteiger partial charge in [0.05, 0.1) is 5.52 Å². The van der Waals surface area contributed by atoms with Gasteiger partial charge in [-0.1, -0.05) is 36.4 Å². The molecule has 0 bridgehead atoms. The Bertz CT molecular complexity index is 897. The highest BCUT2D eigenvalue weighted by molar-refractivity contribution is 5.72. The molecule has 2 aromatic carbocycles. The Balaban J connectivity index is 1.26. The van der Waals surface area contributed by atoms with Gasteiger partial charge >= 0.3 is 5.76 Å². The first-order chi connectivity index (χ1) is 12.2. The van der Waals surface area contributed by atoms with Crippen LogP contribution in [-0.4, -0.2) is 35.7 Å². The number of aromatic amines is 1. The van der Waals surface area contributed by atoms with Crippen molar-refractivity contribution in [2.45, 2.75) is 19.0 Å². The van der Waals surface area contributed by atoms with Crippen LogP contribution in [0.1, 0.15) is 11.1 Å². The predicted molar refractivity (Wildman–Crippen MR) is 95.5 cm³/mol. The van der Waals surface area contributed by atoms with E-state index in [0.717, 1.165) is 30.6 Å². The summed E-state index contributed by atoms with van der Waals surface area (Å²) in [6.45, 7) is 2.35. The standard InChI is InChI=1S/C20H21FN2O2/c21-17(9-14-4-2-1-3-5-14)13-23-11-16(12-23)8-15-6-7-19-18(10-15)22-20(24)25-19/h1-7,10,16-17H,8-9,11-13H2,(H,22,24)/t17-/m0/s1. The van der Waals surface area contributed by atoms with Gasteiger partial charge in [0.2, 0.25) is 0 Å². The van der Waals surface area contributed by atoms with Crippen LogP contribution in [0.15, 0.2) is 57.7 Å². The van der Waals surface area contributed by atoms with Gasteiger partial charge in [0.15, 0.2) is 5.58 Å². The molecule has 0 saturated carbocycles. The third-order valence-electron chi connectivity index (χ3n) is 4.80. The summed E-state index contributed by atoms with van der Waals surface area (Å²) in [4.78, 5) is 16.1. The molecule has 4 nitrogen and oxygen atoms in total. The minimum Gasteiger partial charge on any atom is -0.408 e. The van der Waals surface area contributed by atoms with E-state index >= 15 is 0 Å². The molecule has 25 heavy (non-hydrogen) atoms. The fourth-order valence-electron chi connectivity index (χ4n) is 3.63. The number of H-pyrrole nitrogens is 1. The van der Waals surface area contributed by atoms with E-state index in [1.807, 2.05) is 48.5 Å². The number of rotatable bonds is 6. The maximum absolute atomic E-state index is 14.2. The Morgan fingerprint density at radius 3 is 2.76 bits per heavy atom. The molecule has 0 radical (unpaired) electrons. The van der Waals surface area contributed by atoms with E-state index in [9.17, 15) is 9.18 Å². The van der Waals surface area contributed by atoms with E-state index in [1.54, 1.807) is 0 Å². The minimum atomic E-state index is -0.823. The number of likely N-dealkylation sites (tertiary alicyclic amines) is 1. The molecular weight excluding hydrogens is 319 g/mol. The highest BCUT2D eigenvalue weighted by Crippen LogP contribution is 2.23. The smallest absolute Gasteiger partial charge is 0.408 e. The molecule has 4 rings (SSSR count). The van der Waals surface area contributed by atoms with Gasteiger partial charge in [-0.05, 0) is 35.6 Å². The van der Waals surface area contributed by atoms with Crippen LogP contribution < -0.4 is 5.76 Å². The molecule has 0 spiro atoms. The Morgan fingerprint density at radius 2 is 1.96 bits per heavy atom. The monoisotopic (exact) mass is 340 g/mol. The van der Waals surface area contributed by atoms with Crippen LogP contribution in [0.5, 0.6) is 0 Å². The van der Waals surface area contributed by atoms with Gasteiger partial charge in [-0.15, -0.1) is 0 Å². The number of hydrogen-bond donors (Lipinski definition) is 1. The number of fused-ring (bicyclic) bond motifs is 1. The lowest BCUT2D eigenvalue weighted by molar-refractivity contribution is 0.0707. The van der Waals surface area contributed by atoms with E-state index in [-0.39, 0.29) is 0 Å². The predicted octanol–water partition coefficient (Wildman–Crippen LogP) is 3.18. The molecule has 5 heteroatoms. The summed E-state index contributed by atoms with van der Waals surface area (Å²) in [5, 5.41) is 0. The number of halogens is 1. The maximum atomic E-state index is 14.2. The van der Waals surface area contributed by atoms with E-state index in [2.05, 4.69) is 9.88 Å². The quantitative estimate of drug-likeness (QED) is 0.750. The Labute approximate surface area is 145 Å². The zero-order chi connectivity index (χ0) is 17.2. The second-order valence-corrected chi connectivity index (χ2v) is 6.92. The van der Waals surface area contributed by atoms with Crippen LogP contribution in [0.2, 0.25) is 0 Å². The second-order valence-electron chi connectivity index (χ2n) is 6.92. The van der Waals surface area contributed by atoms with Crippen LogP contribution in [0.4, 0.5) is 4.39 Å². The van der Waals surface area contributed by atoms with Crippen LogP contribution in [0.3, 0.4) is 0 Å². The molecule has 0 amide bonds. The SMILES string of the molecule is O=c1[nH]c2cc(CC3CN(C[C@@H](F)Cc4ccccc4)C3)ccc2o1. The van der Waals surface area contributed by atoms with Gasteiger partial charge in [0.1, 0.15) is 6.17 Å². The zero-order valence-corrected chi connectivity index (χ0v) is 14.0. The van der Waals surface area contributed by atoms with Gasteiger partial charge in [-0.3, -0.25) is 9.88 Å². The summed E-state index contributed by atoms with van der Waals surface area (Å²) in [6, 6.07) is 15.6. The Hall–Kier alpha value is -2.40. The molecule has 1 aromatic heterocycles. The summed E-state index contributed by atoms with van der Waals surface area (Å²) in [6.07, 6.45) is 0.595. The first-order valence-electron chi connectivity index (χ1n) is 8.68. The van der Waals surface area contributed by atoms with Crippen molar-refractivity contribution >= 4 is 11.1 Å². The average molecular weight is 340 g/mol. The molecule has 1 aliphatic heterocycles. The molecule has 1 aliphatic rings. The number of alkyl halides is 1. The Kier molecular flexibility index (Phi) is 4.40. The number of nitrogens with one attached hydrogen (secondary N) is 1. The van der Waals surface area contributed by atoms with Crippen LogP contribution in [0, 0.1) is 5.92 Å². The lowest BCUT2D eigenvalue weighted by Gasteiger charge is -2.40. The third-order valence-corrected chi connectivity index (χ3v) is 4.80. The molecule has 1 fully saturated rings. The normalized spacial score (nSPS) is 16.8. The highest BCUT2D eigenvalue weighted by atomic mass is 19.1. The summed E-state index contributed by atoms with van der Waals surface area (Å²) >= 11 is 0. The maximum Gasteiger partial charge on any atom is 0.417 e. The van der Waals surface area contributed by atoms with Crippen molar-refractivity contribution in [1.82, 2.24) is 9.88 Å². The molecule has 2 heterocycles. The second kappa shape index (κ2) is 6.84. The Morgan fingerprint density at radius 1 is 1.16 bits per heavy atom. The van der Waals surface area contributed by atoms with Gasteiger partial charge in [0, 0.05) is 26.1 Å². The zero-order valence-electron chi connectivity index (χ0n) is 14.0. The van der Waals surface area contributed by atoms with Gasteiger partial charge in [-0.25, -0.2) is 9.18 Å². The molecule has 1 N–H and O–H groups in total. The van der Waals surface area contributed by atoms with E-state index in [1.165, 1.54) is 5.56 Å². The van der Waals surface area contributed by atoms with Crippen molar-refractivity contribution in [3.63, 3.8) is 0 Å². The number of oxazole rings is 1. The lowest BCUT2D eigenvalue weighted by atomic mass is 9.91. The number of benzene rings is 2. The molecule has 3 aromatic rings. The topological polar surface area (TPSA) is 49.2 Å². The van der Waals surface area contributed by atoms with Crippen LogP contribution in [0.25, 0.3) is 11.1 Å². The van der Waals surface area contributed by atoms with Gasteiger partial charge < -0.3 is 4.42 Å². The van der Waals surface area contributed by atoms with Crippen LogP contribution in [-0.2, 0) is 12.8 Å². The largest absolute Gasteiger partial charge is 0.417 e. The van der Waals surface area contributed by atoms with E-state index in [0.29, 0.717) is 24.5 Å². The number of nitrogens with zero attached hydrogens (tertiary/aromatic N) is 1. The summed E-state index contributed by atoms with van der Waals surface area (Å²) in [7, 11) is 0. The van der Waals surface area contributed by atoms with Crippen molar-refractivity contribution in [3.05, 3.63) is 70.2 Å². The fraction of sp³-hybridized carbons (Fsp3) is 0.350. The summed E-state index contributed by atoms with van der Waals surface area (Å²) in [5.41, 5.74) is 3.56. The number of hydrogen-bond acceptors (Lipinski definition) is 3. The summed E-state index contributed by atoms with van der Waals surface area (Å²) in [5.74, 6) is 0.120. The first kappa shape index (κ1) is 16.1. The van der Waals surface area contributed by atoms with E-state index < -0.39 is 11.9 Å². The molecule has 1 saturated heterocycles. The third kappa shape index (κ3) is 3.82. The molecule has 0 aliphatic carbocycles. The van der Waals surface area contributed by atoms with Crippen molar-refractivity contribution in [2.75, 3.05) is 19.6 Å². The van der Waals surface area contributed by atoms with Crippen LogP contribution >= 0.6 is 0 Å². The molecule has 130 valence electrons. The van der Waals surface area contributed by atoms with Crippen molar-refractivity contribution < 1.29 is 8.81 Å². The highest BCUT2D eigenvalue weighted by Gasteiger charge is 2.28. The van der Waals surface area contributed by atoms with E-state index in [4.69, 9.17) is 4.42 Å². The van der Waals surface area contributed by atoms with Crippen molar-refractivity contribution in [1.29, 1.82) is 0 Å². The first-order valence-corrected chi connectivity index (χ1v) is 8.68. The summed E-state index contributed by atoms with van der Waals surface area (Å²) < 4.78 is 19.2. The minimum absolute atomic E-state index is 0.422. The lowest BCUT2D eigenvalue weighted by Crippen LogP contribution is -2.50. The molecule has 1 atom stereocenters. The average Bonchev–Trinajstić information content (AvgIpc) is 2.93. The molecule has 0 unspecified atom stereocenters.